The van der Waals surface area contributed by atoms with E-state index in [1.807, 2.05) is 13.1 Å². The fourth-order valence-electron chi connectivity index (χ4n) is 2.82. The van der Waals surface area contributed by atoms with Gasteiger partial charge in [0.1, 0.15) is 17.2 Å². The highest BCUT2D eigenvalue weighted by molar-refractivity contribution is 6.37. The molecule has 0 bridgehead atoms. The molecule has 3 aromatic rings. The molecule has 1 aromatic carbocycles. The van der Waals surface area contributed by atoms with Gasteiger partial charge in [0.25, 0.3) is 0 Å². The molecule has 0 saturated carbocycles. The van der Waals surface area contributed by atoms with E-state index in [-0.39, 0.29) is 23.8 Å². The molecule has 7 nitrogen and oxygen atoms in total. The maximum atomic E-state index is 13.3. The van der Waals surface area contributed by atoms with Crippen molar-refractivity contribution in [1.82, 2.24) is 15.0 Å². The Labute approximate surface area is 153 Å². The minimum absolute atomic E-state index is 0.00348. The first-order chi connectivity index (χ1) is 13.0. The summed E-state index contributed by atoms with van der Waals surface area (Å²) in [5.41, 5.74) is 2.40. The van der Waals surface area contributed by atoms with Crippen molar-refractivity contribution in [2.75, 3.05) is 11.9 Å². The van der Waals surface area contributed by atoms with Gasteiger partial charge in [0.05, 0.1) is 17.6 Å². The molecule has 0 spiro atoms. The van der Waals surface area contributed by atoms with Crippen LogP contribution in [0.1, 0.15) is 5.69 Å². The molecule has 0 amide bonds. The largest absolute Gasteiger partial charge is 0.477 e. The smallest absolute Gasteiger partial charge is 0.350 e. The quantitative estimate of drug-likeness (QED) is 0.766. The molecule has 0 unspecified atom stereocenters. The maximum absolute atomic E-state index is 13.3. The Hall–Kier alpha value is -3.68. The van der Waals surface area contributed by atoms with Crippen LogP contribution in [-0.2, 0) is 11.2 Å². The van der Waals surface area contributed by atoms with E-state index in [0.717, 1.165) is 5.69 Å². The van der Waals surface area contributed by atoms with Crippen molar-refractivity contribution in [1.29, 1.82) is 0 Å². The molecule has 3 heterocycles. The van der Waals surface area contributed by atoms with Crippen LogP contribution in [0.2, 0.25) is 0 Å². The number of rotatable bonds is 4. The normalized spacial score (nSPS) is 12.4. The maximum Gasteiger partial charge on any atom is 0.350 e. The molecule has 0 radical (unpaired) electrons. The Morgan fingerprint density at radius 2 is 1.96 bits per heavy atom. The third-order valence-electron chi connectivity index (χ3n) is 4.22. The lowest BCUT2D eigenvalue weighted by Crippen LogP contribution is -2.16. The average Bonchev–Trinajstić information content (AvgIpc) is 3.11. The van der Waals surface area contributed by atoms with Crippen LogP contribution < -0.4 is 4.90 Å². The molecule has 0 fully saturated rings. The molecule has 1 aliphatic rings. The van der Waals surface area contributed by atoms with Gasteiger partial charge in [-0.3, -0.25) is 4.98 Å². The minimum Gasteiger partial charge on any atom is -0.477 e. The summed E-state index contributed by atoms with van der Waals surface area (Å²) >= 11 is 0. The van der Waals surface area contributed by atoms with Gasteiger partial charge in [-0.05, 0) is 36.4 Å². The zero-order valence-electron chi connectivity index (χ0n) is 14.3. The highest BCUT2D eigenvalue weighted by atomic mass is 19.1. The number of aliphatic imine (C=N–C) groups is 1. The Kier molecular flexibility index (Phi) is 4.08. The number of benzene rings is 1. The fraction of sp³-hybridized carbons (Fsp3) is 0.105. The third kappa shape index (κ3) is 3.12. The Bertz CT molecular complexity index is 1050. The molecule has 27 heavy (non-hydrogen) atoms. The summed E-state index contributed by atoms with van der Waals surface area (Å²) in [5, 5.41) is 9.21. The lowest BCUT2D eigenvalue weighted by Gasteiger charge is -2.21. The molecule has 0 saturated heterocycles. The van der Waals surface area contributed by atoms with Crippen molar-refractivity contribution in [3.8, 4) is 11.3 Å². The van der Waals surface area contributed by atoms with Crippen molar-refractivity contribution in [2.24, 2.45) is 4.99 Å². The topological polar surface area (TPSA) is 91.6 Å². The highest BCUT2D eigenvalue weighted by Gasteiger charge is 2.26. The summed E-state index contributed by atoms with van der Waals surface area (Å²) in [6, 6.07) is 9.55. The summed E-state index contributed by atoms with van der Waals surface area (Å²) in [6.07, 6.45) is 3.46. The molecule has 0 aliphatic carbocycles. The van der Waals surface area contributed by atoms with E-state index in [9.17, 15) is 14.3 Å². The van der Waals surface area contributed by atoms with Crippen LogP contribution in [0.15, 0.2) is 53.8 Å². The molecule has 134 valence electrons. The number of aromatic nitrogens is 3. The Morgan fingerprint density at radius 1 is 1.19 bits per heavy atom. The number of carboxylic acid groups (broad SMARTS) is 1. The van der Waals surface area contributed by atoms with Crippen molar-refractivity contribution in [3.63, 3.8) is 0 Å². The standard InChI is InChI=1S/C19H14FN5O2/c1-25(13-3-2-8-21-10-13)18-16(11-4-6-12(20)7-5-11)24-17-14(23-18)9-15(22-17)19(26)27/h2-8,10H,9H2,1H3,(H,26,27). The number of anilines is 2. The van der Waals surface area contributed by atoms with E-state index in [4.69, 9.17) is 0 Å². The van der Waals surface area contributed by atoms with E-state index >= 15 is 0 Å². The van der Waals surface area contributed by atoms with Gasteiger partial charge in [0, 0.05) is 25.2 Å². The number of nitrogens with zero attached hydrogens (tertiary/aromatic N) is 5. The van der Waals surface area contributed by atoms with E-state index in [0.29, 0.717) is 22.8 Å². The molecule has 0 atom stereocenters. The SMILES string of the molecule is CN(c1cccnc1)c1nc2c(nc1-c1ccc(F)cc1)N=C(C(=O)O)C2. The van der Waals surface area contributed by atoms with Crippen LogP contribution >= 0.6 is 0 Å². The van der Waals surface area contributed by atoms with Gasteiger partial charge < -0.3 is 10.0 Å². The fourth-order valence-corrected chi connectivity index (χ4v) is 2.82. The van der Waals surface area contributed by atoms with E-state index in [1.54, 1.807) is 35.5 Å². The average molecular weight is 363 g/mol. The first-order valence-corrected chi connectivity index (χ1v) is 8.14. The molecule has 1 N–H and O–H groups in total. The molecular formula is C19H14FN5O2. The second kappa shape index (κ2) is 6.56. The van der Waals surface area contributed by atoms with Crippen LogP contribution in [0.5, 0.6) is 0 Å². The first-order valence-electron chi connectivity index (χ1n) is 8.14. The monoisotopic (exact) mass is 363 g/mol. The number of hydrogen-bond donors (Lipinski definition) is 1. The number of pyridine rings is 1. The molecule has 2 aromatic heterocycles. The van der Waals surface area contributed by atoms with Crippen LogP contribution in [0.3, 0.4) is 0 Å². The van der Waals surface area contributed by atoms with Gasteiger partial charge >= 0.3 is 5.97 Å². The predicted octanol–water partition coefficient (Wildman–Crippen LogP) is 3.16. The predicted molar refractivity (Wildman–Crippen MR) is 98.2 cm³/mol. The number of carboxylic acids is 1. The van der Waals surface area contributed by atoms with Crippen molar-refractivity contribution >= 4 is 29.0 Å². The van der Waals surface area contributed by atoms with Crippen LogP contribution in [0, 0.1) is 5.82 Å². The third-order valence-corrected chi connectivity index (χ3v) is 4.22. The second-order valence-electron chi connectivity index (χ2n) is 5.98. The lowest BCUT2D eigenvalue weighted by atomic mass is 10.1. The van der Waals surface area contributed by atoms with Gasteiger partial charge in [-0.15, -0.1) is 0 Å². The van der Waals surface area contributed by atoms with Crippen LogP contribution in [0.4, 0.5) is 21.7 Å². The van der Waals surface area contributed by atoms with E-state index in [1.165, 1.54) is 12.1 Å². The summed E-state index contributed by atoms with van der Waals surface area (Å²) in [6.45, 7) is 0. The van der Waals surface area contributed by atoms with Gasteiger partial charge in [-0.2, -0.15) is 0 Å². The Balaban J connectivity index is 1.87. The summed E-state index contributed by atoms with van der Waals surface area (Å²) in [5.74, 6) is -0.674. The van der Waals surface area contributed by atoms with Gasteiger partial charge in [0.15, 0.2) is 11.6 Å². The number of fused-ring (bicyclic) bond motifs is 1. The summed E-state index contributed by atoms with van der Waals surface area (Å²) in [7, 11) is 1.81. The Morgan fingerprint density at radius 3 is 2.63 bits per heavy atom. The zero-order chi connectivity index (χ0) is 19.0. The molecule has 1 aliphatic heterocycles. The van der Waals surface area contributed by atoms with Crippen molar-refractivity contribution < 1.29 is 14.3 Å². The van der Waals surface area contributed by atoms with Crippen LogP contribution in [0.25, 0.3) is 11.3 Å². The molecule has 4 rings (SSSR count). The summed E-state index contributed by atoms with van der Waals surface area (Å²) < 4.78 is 13.3. The molecule has 8 heteroatoms. The number of hydrogen-bond acceptors (Lipinski definition) is 6. The highest BCUT2D eigenvalue weighted by Crippen LogP contribution is 2.35. The second-order valence-corrected chi connectivity index (χ2v) is 5.98. The zero-order valence-corrected chi connectivity index (χ0v) is 14.3. The van der Waals surface area contributed by atoms with E-state index in [2.05, 4.69) is 19.9 Å². The van der Waals surface area contributed by atoms with Crippen molar-refractivity contribution in [2.45, 2.75) is 6.42 Å². The number of carbonyl (C=O) groups is 1. The van der Waals surface area contributed by atoms with E-state index < -0.39 is 5.97 Å². The first kappa shape index (κ1) is 16.8. The van der Waals surface area contributed by atoms with Gasteiger partial charge in [-0.1, -0.05) is 0 Å². The number of halogens is 1. The van der Waals surface area contributed by atoms with Gasteiger partial charge in [-0.25, -0.2) is 24.1 Å². The molecular weight excluding hydrogens is 349 g/mol. The lowest BCUT2D eigenvalue weighted by molar-refractivity contribution is -0.129. The van der Waals surface area contributed by atoms with Crippen LogP contribution in [-0.4, -0.2) is 38.8 Å². The number of aliphatic carboxylic acids is 1. The minimum atomic E-state index is -1.10. The van der Waals surface area contributed by atoms with Crippen molar-refractivity contribution in [3.05, 3.63) is 60.3 Å². The van der Waals surface area contributed by atoms with Gasteiger partial charge in [0.2, 0.25) is 0 Å². The summed E-state index contributed by atoms with van der Waals surface area (Å²) in [4.78, 5) is 30.4.